The third-order valence-electron chi connectivity index (χ3n) is 2.44. The third-order valence-corrected chi connectivity index (χ3v) is 2.44. The monoisotopic (exact) mass is 241 g/mol. The maximum atomic E-state index is 11.6. The van der Waals surface area contributed by atoms with E-state index in [4.69, 9.17) is 9.47 Å². The van der Waals surface area contributed by atoms with Crippen molar-refractivity contribution in [3.8, 4) is 0 Å². The fraction of sp³-hybridized carbons (Fsp3) is 0.636. The number of carbonyl (C=O) groups excluding carboxylic acids is 1. The number of anilines is 1. The first-order chi connectivity index (χ1) is 8.06. The molecular formula is C11H19N3O3. The molecule has 1 heterocycles. The number of nitrogens with one attached hydrogen (secondary N) is 1. The summed E-state index contributed by atoms with van der Waals surface area (Å²) in [5.74, 6) is -0.180. The van der Waals surface area contributed by atoms with E-state index in [1.54, 1.807) is 11.8 Å². The molecule has 1 rings (SSSR count). The van der Waals surface area contributed by atoms with Crippen molar-refractivity contribution in [3.05, 3.63) is 11.4 Å². The van der Waals surface area contributed by atoms with Gasteiger partial charge in [0.05, 0.1) is 30.3 Å². The van der Waals surface area contributed by atoms with Crippen molar-refractivity contribution in [2.24, 2.45) is 7.05 Å². The van der Waals surface area contributed by atoms with Crippen LogP contribution in [0.15, 0.2) is 0 Å². The van der Waals surface area contributed by atoms with Crippen molar-refractivity contribution in [2.45, 2.75) is 13.8 Å². The molecule has 1 amide bonds. The Morgan fingerprint density at radius 3 is 2.65 bits per heavy atom. The van der Waals surface area contributed by atoms with Gasteiger partial charge < -0.3 is 14.8 Å². The number of aryl methyl sites for hydroxylation is 2. The highest BCUT2D eigenvalue weighted by atomic mass is 16.5. The van der Waals surface area contributed by atoms with Crippen LogP contribution in [0.5, 0.6) is 0 Å². The maximum absolute atomic E-state index is 11.6. The summed E-state index contributed by atoms with van der Waals surface area (Å²) < 4.78 is 11.7. The van der Waals surface area contributed by atoms with Crippen LogP contribution in [0.3, 0.4) is 0 Å². The Hall–Kier alpha value is -1.40. The number of hydrogen-bond acceptors (Lipinski definition) is 4. The molecule has 17 heavy (non-hydrogen) atoms. The van der Waals surface area contributed by atoms with Gasteiger partial charge in [-0.1, -0.05) is 0 Å². The largest absolute Gasteiger partial charge is 0.382 e. The number of amides is 1. The molecule has 0 aromatic carbocycles. The van der Waals surface area contributed by atoms with E-state index in [1.807, 2.05) is 20.9 Å². The number of ether oxygens (including phenoxy) is 2. The van der Waals surface area contributed by atoms with Crippen LogP contribution in [0.1, 0.15) is 11.4 Å². The van der Waals surface area contributed by atoms with E-state index < -0.39 is 0 Å². The third kappa shape index (κ3) is 3.83. The number of methoxy groups -OCH3 is 1. The Morgan fingerprint density at radius 2 is 2.12 bits per heavy atom. The minimum absolute atomic E-state index is 0.0249. The number of aromatic nitrogens is 2. The van der Waals surface area contributed by atoms with Gasteiger partial charge in [-0.15, -0.1) is 0 Å². The van der Waals surface area contributed by atoms with Gasteiger partial charge in [0.25, 0.3) is 0 Å². The fourth-order valence-corrected chi connectivity index (χ4v) is 1.44. The van der Waals surface area contributed by atoms with Gasteiger partial charge in [-0.3, -0.25) is 9.48 Å². The number of carbonyl (C=O) groups is 1. The Labute approximate surface area is 101 Å². The molecule has 0 aliphatic rings. The summed E-state index contributed by atoms with van der Waals surface area (Å²) in [6, 6.07) is 0. The van der Waals surface area contributed by atoms with Crippen molar-refractivity contribution in [1.29, 1.82) is 0 Å². The van der Waals surface area contributed by atoms with E-state index in [0.717, 1.165) is 17.1 Å². The zero-order valence-electron chi connectivity index (χ0n) is 10.7. The molecule has 1 aromatic heterocycles. The van der Waals surface area contributed by atoms with E-state index in [9.17, 15) is 4.79 Å². The lowest BCUT2D eigenvalue weighted by atomic mass is 10.3. The molecule has 6 nitrogen and oxygen atoms in total. The molecule has 6 heteroatoms. The molecule has 0 unspecified atom stereocenters. The highest BCUT2D eigenvalue weighted by molar-refractivity contribution is 5.92. The summed E-state index contributed by atoms with van der Waals surface area (Å²) in [5.41, 5.74) is 2.48. The number of nitrogens with zero attached hydrogens (tertiary/aromatic N) is 2. The average Bonchev–Trinajstić information content (AvgIpc) is 2.52. The SMILES string of the molecule is COCCOCC(=O)Nc1c(C)nn(C)c1C. The molecule has 0 atom stereocenters. The lowest BCUT2D eigenvalue weighted by Crippen LogP contribution is -2.20. The van der Waals surface area contributed by atoms with Gasteiger partial charge in [0.1, 0.15) is 6.61 Å². The molecule has 0 aliphatic carbocycles. The summed E-state index contributed by atoms with van der Waals surface area (Å²) in [6.07, 6.45) is 0. The van der Waals surface area contributed by atoms with Crippen LogP contribution in [-0.2, 0) is 21.3 Å². The van der Waals surface area contributed by atoms with Crippen LogP contribution in [0.25, 0.3) is 0 Å². The highest BCUT2D eigenvalue weighted by Crippen LogP contribution is 2.17. The predicted molar refractivity (Wildman–Crippen MR) is 64.0 cm³/mol. The Kier molecular flexibility index (Phi) is 5.11. The highest BCUT2D eigenvalue weighted by Gasteiger charge is 2.12. The van der Waals surface area contributed by atoms with Crippen LogP contribution < -0.4 is 5.32 Å². The lowest BCUT2D eigenvalue weighted by molar-refractivity contribution is -0.121. The minimum Gasteiger partial charge on any atom is -0.382 e. The van der Waals surface area contributed by atoms with Crippen molar-refractivity contribution >= 4 is 11.6 Å². The molecule has 1 N–H and O–H groups in total. The second kappa shape index (κ2) is 6.36. The van der Waals surface area contributed by atoms with Crippen LogP contribution in [0.2, 0.25) is 0 Å². The molecule has 0 aliphatic heterocycles. The Morgan fingerprint density at radius 1 is 1.41 bits per heavy atom. The van der Waals surface area contributed by atoms with E-state index in [2.05, 4.69) is 10.4 Å². The summed E-state index contributed by atoms with van der Waals surface area (Å²) in [4.78, 5) is 11.6. The van der Waals surface area contributed by atoms with Crippen molar-refractivity contribution in [1.82, 2.24) is 9.78 Å². The van der Waals surface area contributed by atoms with Crippen LogP contribution in [-0.4, -0.2) is 42.6 Å². The number of hydrogen-bond donors (Lipinski definition) is 1. The van der Waals surface area contributed by atoms with E-state index in [1.165, 1.54) is 0 Å². The Balaban J connectivity index is 2.45. The van der Waals surface area contributed by atoms with Gasteiger partial charge >= 0.3 is 0 Å². The van der Waals surface area contributed by atoms with Gasteiger partial charge in [-0.25, -0.2) is 0 Å². The van der Waals surface area contributed by atoms with Crippen molar-refractivity contribution < 1.29 is 14.3 Å². The fourth-order valence-electron chi connectivity index (χ4n) is 1.44. The van der Waals surface area contributed by atoms with Crippen molar-refractivity contribution in [3.63, 3.8) is 0 Å². The zero-order valence-corrected chi connectivity index (χ0v) is 10.7. The average molecular weight is 241 g/mol. The van der Waals surface area contributed by atoms with Gasteiger partial charge in [-0.05, 0) is 13.8 Å². The van der Waals surface area contributed by atoms with Gasteiger partial charge in [-0.2, -0.15) is 5.10 Å². The molecular weight excluding hydrogens is 222 g/mol. The van der Waals surface area contributed by atoms with E-state index in [-0.39, 0.29) is 12.5 Å². The summed E-state index contributed by atoms with van der Waals surface area (Å²) in [6.45, 7) is 4.68. The first-order valence-electron chi connectivity index (χ1n) is 5.43. The van der Waals surface area contributed by atoms with Gasteiger partial charge in [0, 0.05) is 14.2 Å². The smallest absolute Gasteiger partial charge is 0.250 e. The van der Waals surface area contributed by atoms with Crippen LogP contribution in [0, 0.1) is 13.8 Å². The topological polar surface area (TPSA) is 65.4 Å². The van der Waals surface area contributed by atoms with Gasteiger partial charge in [0.2, 0.25) is 5.91 Å². The zero-order chi connectivity index (χ0) is 12.8. The van der Waals surface area contributed by atoms with E-state index in [0.29, 0.717) is 13.2 Å². The van der Waals surface area contributed by atoms with Crippen molar-refractivity contribution in [2.75, 3.05) is 32.2 Å². The quantitative estimate of drug-likeness (QED) is 0.742. The Bertz CT molecular complexity index is 388. The molecule has 0 bridgehead atoms. The van der Waals surface area contributed by atoms with Crippen LogP contribution >= 0.6 is 0 Å². The first kappa shape index (κ1) is 13.7. The molecule has 96 valence electrons. The standard InChI is InChI=1S/C11H19N3O3/c1-8-11(9(2)14(3)13-8)12-10(15)7-17-6-5-16-4/h5-7H2,1-4H3,(H,12,15). The summed E-state index contributed by atoms with van der Waals surface area (Å²) in [7, 11) is 3.43. The molecule has 1 aromatic rings. The minimum atomic E-state index is -0.180. The molecule has 0 fully saturated rings. The van der Waals surface area contributed by atoms with Gasteiger partial charge in [0.15, 0.2) is 0 Å². The molecule has 0 saturated carbocycles. The normalized spacial score (nSPS) is 10.6. The van der Waals surface area contributed by atoms with Crippen LogP contribution in [0.4, 0.5) is 5.69 Å². The molecule has 0 saturated heterocycles. The predicted octanol–water partition coefficient (Wildman–Crippen LogP) is 0.638. The second-order valence-electron chi connectivity index (χ2n) is 3.76. The molecule has 0 spiro atoms. The maximum Gasteiger partial charge on any atom is 0.250 e. The molecule has 0 radical (unpaired) electrons. The second-order valence-corrected chi connectivity index (χ2v) is 3.76. The first-order valence-corrected chi connectivity index (χ1v) is 5.43. The summed E-state index contributed by atoms with van der Waals surface area (Å²) in [5, 5.41) is 7.00. The van der Waals surface area contributed by atoms with E-state index >= 15 is 0 Å². The summed E-state index contributed by atoms with van der Waals surface area (Å²) >= 11 is 0. The lowest BCUT2D eigenvalue weighted by Gasteiger charge is -2.06. The number of rotatable bonds is 6.